The number of morpholine rings is 1. The highest BCUT2D eigenvalue weighted by Gasteiger charge is 2.12. The molecule has 1 saturated heterocycles. The number of hydrogen-bond acceptors (Lipinski definition) is 3. The van der Waals surface area contributed by atoms with Crippen molar-refractivity contribution in [2.45, 2.75) is 19.5 Å². The van der Waals surface area contributed by atoms with E-state index < -0.39 is 0 Å². The van der Waals surface area contributed by atoms with Gasteiger partial charge in [0.25, 0.3) is 0 Å². The Balaban J connectivity index is 1.68. The molecule has 1 aliphatic rings. The molecule has 17 heavy (non-hydrogen) atoms. The molecule has 0 saturated carbocycles. The van der Waals surface area contributed by atoms with Gasteiger partial charge in [-0.25, -0.2) is 0 Å². The summed E-state index contributed by atoms with van der Waals surface area (Å²) in [7, 11) is 0. The molecule has 1 unspecified atom stereocenters. The zero-order valence-corrected chi connectivity index (χ0v) is 10.6. The molecule has 0 aliphatic carbocycles. The maximum atomic E-state index is 5.35. The van der Waals surface area contributed by atoms with E-state index >= 15 is 0 Å². The summed E-state index contributed by atoms with van der Waals surface area (Å²) in [6.45, 7) is 8.20. The number of ether oxygens (including phenoxy) is 1. The van der Waals surface area contributed by atoms with E-state index in [1.165, 1.54) is 5.56 Å². The van der Waals surface area contributed by atoms with Crippen molar-refractivity contribution in [1.82, 2.24) is 10.2 Å². The van der Waals surface area contributed by atoms with Crippen LogP contribution in [0.4, 0.5) is 0 Å². The van der Waals surface area contributed by atoms with Crippen molar-refractivity contribution in [2.24, 2.45) is 0 Å². The summed E-state index contributed by atoms with van der Waals surface area (Å²) in [5.74, 6) is 0. The number of hydrogen-bond donors (Lipinski definition) is 1. The lowest BCUT2D eigenvalue weighted by Crippen LogP contribution is -2.44. The van der Waals surface area contributed by atoms with Crippen LogP contribution in [0.15, 0.2) is 30.3 Å². The summed E-state index contributed by atoms with van der Waals surface area (Å²) < 4.78 is 5.35. The highest BCUT2D eigenvalue weighted by atomic mass is 16.5. The Hall–Kier alpha value is -0.900. The second kappa shape index (κ2) is 6.74. The SMILES string of the molecule is CC(CN1CCOCC1)NCc1ccccc1. The zero-order chi connectivity index (χ0) is 11.9. The lowest BCUT2D eigenvalue weighted by Gasteiger charge is -2.29. The first-order chi connectivity index (χ1) is 8.34. The molecule has 0 radical (unpaired) electrons. The molecule has 3 heteroatoms. The standard InChI is InChI=1S/C14H22N2O/c1-13(12-16-7-9-17-10-8-16)15-11-14-5-3-2-4-6-14/h2-6,13,15H,7-12H2,1H3. The van der Waals surface area contributed by atoms with Crippen molar-refractivity contribution in [3.8, 4) is 0 Å². The zero-order valence-electron chi connectivity index (χ0n) is 10.6. The summed E-state index contributed by atoms with van der Waals surface area (Å²) in [6.07, 6.45) is 0. The molecule has 0 bridgehead atoms. The molecule has 3 nitrogen and oxygen atoms in total. The van der Waals surface area contributed by atoms with Crippen molar-refractivity contribution >= 4 is 0 Å². The van der Waals surface area contributed by atoms with Crippen LogP contribution < -0.4 is 5.32 Å². The minimum atomic E-state index is 0.522. The minimum Gasteiger partial charge on any atom is -0.379 e. The number of benzene rings is 1. The van der Waals surface area contributed by atoms with Crippen LogP contribution in [0, 0.1) is 0 Å². The van der Waals surface area contributed by atoms with Crippen LogP contribution >= 0.6 is 0 Å². The van der Waals surface area contributed by atoms with Crippen LogP contribution in [0.2, 0.25) is 0 Å². The van der Waals surface area contributed by atoms with Crippen LogP contribution in [0.3, 0.4) is 0 Å². The molecule has 1 N–H and O–H groups in total. The third-order valence-electron chi connectivity index (χ3n) is 3.13. The van der Waals surface area contributed by atoms with E-state index in [0.29, 0.717) is 6.04 Å². The largest absolute Gasteiger partial charge is 0.379 e. The quantitative estimate of drug-likeness (QED) is 0.835. The summed E-state index contributed by atoms with van der Waals surface area (Å²) >= 11 is 0. The first kappa shape index (κ1) is 12.6. The Bertz CT molecular complexity index is 309. The number of rotatable bonds is 5. The van der Waals surface area contributed by atoms with Gasteiger partial charge in [-0.05, 0) is 12.5 Å². The lowest BCUT2D eigenvalue weighted by molar-refractivity contribution is 0.0343. The van der Waals surface area contributed by atoms with Gasteiger partial charge in [-0.3, -0.25) is 4.90 Å². The Kier molecular flexibility index (Phi) is 4.98. The predicted octanol–water partition coefficient (Wildman–Crippen LogP) is 1.50. The van der Waals surface area contributed by atoms with E-state index in [1.807, 2.05) is 0 Å². The second-order valence-electron chi connectivity index (χ2n) is 4.68. The van der Waals surface area contributed by atoms with Crippen LogP contribution in [0.1, 0.15) is 12.5 Å². The summed E-state index contributed by atoms with van der Waals surface area (Å²) in [4.78, 5) is 2.46. The van der Waals surface area contributed by atoms with Crippen LogP contribution in [-0.2, 0) is 11.3 Å². The molecule has 94 valence electrons. The Labute approximate surface area is 104 Å². The summed E-state index contributed by atoms with van der Waals surface area (Å²) in [5, 5.41) is 3.56. The third-order valence-corrected chi connectivity index (χ3v) is 3.13. The van der Waals surface area contributed by atoms with Crippen molar-refractivity contribution in [3.63, 3.8) is 0 Å². The van der Waals surface area contributed by atoms with E-state index in [9.17, 15) is 0 Å². The molecular weight excluding hydrogens is 212 g/mol. The van der Waals surface area contributed by atoms with Crippen molar-refractivity contribution in [2.75, 3.05) is 32.8 Å². The normalized spacial score (nSPS) is 19.1. The van der Waals surface area contributed by atoms with E-state index in [1.54, 1.807) is 0 Å². The average molecular weight is 234 g/mol. The van der Waals surface area contributed by atoms with Gasteiger partial charge in [0.1, 0.15) is 0 Å². The molecule has 1 atom stereocenters. The predicted molar refractivity (Wildman–Crippen MR) is 70.0 cm³/mol. The van der Waals surface area contributed by atoms with Gasteiger partial charge in [0, 0.05) is 32.2 Å². The monoisotopic (exact) mass is 234 g/mol. The molecule has 0 aromatic heterocycles. The van der Waals surface area contributed by atoms with Gasteiger partial charge in [-0.15, -0.1) is 0 Å². The highest BCUT2D eigenvalue weighted by Crippen LogP contribution is 2.01. The van der Waals surface area contributed by atoms with Crippen LogP contribution in [-0.4, -0.2) is 43.8 Å². The van der Waals surface area contributed by atoms with Gasteiger partial charge in [-0.2, -0.15) is 0 Å². The van der Waals surface area contributed by atoms with E-state index in [-0.39, 0.29) is 0 Å². The Morgan fingerprint density at radius 3 is 2.65 bits per heavy atom. The molecule has 1 heterocycles. The maximum absolute atomic E-state index is 5.35. The third kappa shape index (κ3) is 4.46. The van der Waals surface area contributed by atoms with Gasteiger partial charge in [-0.1, -0.05) is 30.3 Å². The molecule has 0 amide bonds. The van der Waals surface area contributed by atoms with Crippen LogP contribution in [0.5, 0.6) is 0 Å². The maximum Gasteiger partial charge on any atom is 0.0594 e. The minimum absolute atomic E-state index is 0.522. The fourth-order valence-electron chi connectivity index (χ4n) is 2.12. The number of nitrogens with one attached hydrogen (secondary N) is 1. The first-order valence-electron chi connectivity index (χ1n) is 6.42. The summed E-state index contributed by atoms with van der Waals surface area (Å²) in [6, 6.07) is 11.1. The molecule has 1 aliphatic heterocycles. The van der Waals surface area contributed by atoms with Gasteiger partial charge < -0.3 is 10.1 Å². The topological polar surface area (TPSA) is 24.5 Å². The molecule has 1 fully saturated rings. The number of nitrogens with zero attached hydrogens (tertiary/aromatic N) is 1. The van der Waals surface area contributed by atoms with E-state index in [4.69, 9.17) is 4.74 Å². The Morgan fingerprint density at radius 1 is 1.24 bits per heavy atom. The molecule has 1 aromatic rings. The van der Waals surface area contributed by atoms with Crippen molar-refractivity contribution in [3.05, 3.63) is 35.9 Å². The van der Waals surface area contributed by atoms with Crippen molar-refractivity contribution < 1.29 is 4.74 Å². The molecule has 1 aromatic carbocycles. The fraction of sp³-hybridized carbons (Fsp3) is 0.571. The van der Waals surface area contributed by atoms with Gasteiger partial charge in [0.05, 0.1) is 13.2 Å². The smallest absolute Gasteiger partial charge is 0.0594 e. The van der Waals surface area contributed by atoms with Gasteiger partial charge in [0.2, 0.25) is 0 Å². The van der Waals surface area contributed by atoms with E-state index in [2.05, 4.69) is 47.5 Å². The van der Waals surface area contributed by atoms with Crippen LogP contribution in [0.25, 0.3) is 0 Å². The van der Waals surface area contributed by atoms with E-state index in [0.717, 1.165) is 39.4 Å². The highest BCUT2D eigenvalue weighted by molar-refractivity contribution is 5.14. The van der Waals surface area contributed by atoms with Gasteiger partial charge in [0.15, 0.2) is 0 Å². The fourth-order valence-corrected chi connectivity index (χ4v) is 2.12. The van der Waals surface area contributed by atoms with Crippen molar-refractivity contribution in [1.29, 1.82) is 0 Å². The Morgan fingerprint density at radius 2 is 1.94 bits per heavy atom. The molecule has 0 spiro atoms. The lowest BCUT2D eigenvalue weighted by atomic mass is 10.2. The molecular formula is C14H22N2O. The second-order valence-corrected chi connectivity index (χ2v) is 4.68. The summed E-state index contributed by atoms with van der Waals surface area (Å²) in [5.41, 5.74) is 1.35. The first-order valence-corrected chi connectivity index (χ1v) is 6.42. The molecule has 2 rings (SSSR count). The van der Waals surface area contributed by atoms with Gasteiger partial charge >= 0.3 is 0 Å². The average Bonchev–Trinajstić information content (AvgIpc) is 2.39.